The Morgan fingerprint density at radius 1 is 1.50 bits per heavy atom. The summed E-state index contributed by atoms with van der Waals surface area (Å²) in [5.74, 6) is 4.37. The van der Waals surface area contributed by atoms with E-state index >= 15 is 0 Å². The van der Waals surface area contributed by atoms with Crippen molar-refractivity contribution in [3.8, 4) is 0 Å². The largest absolute Gasteiger partial charge is 0.412 e. The SMILES string of the molecule is N[NH][Mo](=[O])=[O].O. The van der Waals surface area contributed by atoms with E-state index in [4.69, 9.17) is 0 Å². The number of nitrogens with one attached hydrogen (secondary N) is 1. The van der Waals surface area contributed by atoms with E-state index < -0.39 is 17.5 Å². The van der Waals surface area contributed by atoms with Gasteiger partial charge < -0.3 is 5.48 Å². The molecule has 6 heteroatoms. The van der Waals surface area contributed by atoms with Crippen molar-refractivity contribution in [2.75, 3.05) is 0 Å². The molecule has 39 valence electrons. The summed E-state index contributed by atoms with van der Waals surface area (Å²) >= 11 is -3.35. The molecule has 0 aliphatic carbocycles. The summed E-state index contributed by atoms with van der Waals surface area (Å²) < 4.78 is 20.1. The van der Waals surface area contributed by atoms with Crippen LogP contribution in [0.25, 0.3) is 0 Å². The van der Waals surface area contributed by atoms with Crippen molar-refractivity contribution in [3.63, 3.8) is 0 Å². The van der Waals surface area contributed by atoms with E-state index in [1.165, 1.54) is 0 Å². The molecule has 0 aromatic rings. The molecule has 5 N–H and O–H groups in total. The Balaban J connectivity index is 0. The second-order valence-electron chi connectivity index (χ2n) is 0.353. The van der Waals surface area contributed by atoms with Gasteiger partial charge in [-0.15, -0.1) is 0 Å². The molecule has 6 heavy (non-hydrogen) atoms. The summed E-state index contributed by atoms with van der Waals surface area (Å²) in [6.07, 6.45) is 0. The topological polar surface area (TPSA) is 104 Å². The first-order valence-corrected chi connectivity index (χ1v) is 3.47. The van der Waals surface area contributed by atoms with Gasteiger partial charge in [0.2, 0.25) is 0 Å². The average molecular weight is 177 g/mol. The molecule has 0 fully saturated rings. The van der Waals surface area contributed by atoms with Gasteiger partial charge in [-0.05, 0) is 0 Å². The normalized spacial score (nSPS) is 6.17. The molecule has 0 heterocycles. The summed E-state index contributed by atoms with van der Waals surface area (Å²) in [7, 11) is 0. The number of hydrogen-bond donors (Lipinski definition) is 2. The van der Waals surface area contributed by atoms with Gasteiger partial charge in [0.1, 0.15) is 0 Å². The Morgan fingerprint density at radius 2 is 1.67 bits per heavy atom. The van der Waals surface area contributed by atoms with Crippen LogP contribution in [0.2, 0.25) is 0 Å². The van der Waals surface area contributed by atoms with Crippen molar-refractivity contribution in [1.82, 2.24) is 3.98 Å². The van der Waals surface area contributed by atoms with Crippen LogP contribution in [0, 0.1) is 0 Å². The maximum Gasteiger partial charge on any atom is -0.412 e. The number of rotatable bonds is 1. The second kappa shape index (κ2) is 5.17. The van der Waals surface area contributed by atoms with Gasteiger partial charge in [-0.3, -0.25) is 0 Å². The van der Waals surface area contributed by atoms with E-state index in [2.05, 4.69) is 5.84 Å². The Morgan fingerprint density at radius 3 is 1.67 bits per heavy atom. The molecule has 0 aromatic carbocycles. The summed E-state index contributed by atoms with van der Waals surface area (Å²) in [5.41, 5.74) is 0. The Labute approximate surface area is 40.3 Å². The fourth-order valence-electron chi connectivity index (χ4n) is 0. The van der Waals surface area contributed by atoms with E-state index in [0.29, 0.717) is 0 Å². The molecule has 5 nitrogen and oxygen atoms in total. The fourth-order valence-corrected chi connectivity index (χ4v) is 0. The third-order valence-electron chi connectivity index (χ3n) is 0.0962. The molecule has 0 aromatic heterocycles. The molecule has 0 bridgehead atoms. The third-order valence-corrected chi connectivity index (χ3v) is 0.569. The van der Waals surface area contributed by atoms with Crippen molar-refractivity contribution in [3.05, 3.63) is 0 Å². The molecule has 0 radical (unpaired) electrons. The van der Waals surface area contributed by atoms with Crippen molar-refractivity contribution >= 4 is 0 Å². The summed E-state index contributed by atoms with van der Waals surface area (Å²) in [5, 5.41) is 0. The van der Waals surface area contributed by atoms with Crippen LogP contribution in [0.1, 0.15) is 0 Å². The minimum atomic E-state index is -3.35. The summed E-state index contributed by atoms with van der Waals surface area (Å²) in [6.45, 7) is 0. The first-order chi connectivity index (χ1) is 2.27. The average Bonchev–Trinajstić information content (AvgIpc) is 1.38. The minimum absolute atomic E-state index is 0. The van der Waals surface area contributed by atoms with Crippen molar-refractivity contribution in [1.29, 1.82) is 0 Å². The number of nitrogens with two attached hydrogens (primary N) is 1. The first-order valence-electron chi connectivity index (χ1n) is 0.826. The first kappa shape index (κ1) is 9.48. The van der Waals surface area contributed by atoms with Crippen LogP contribution in [0.4, 0.5) is 0 Å². The molecular weight excluding hydrogens is 172 g/mol. The van der Waals surface area contributed by atoms with Gasteiger partial charge in [-0.2, -0.15) is 0 Å². The van der Waals surface area contributed by atoms with E-state index in [0.717, 1.165) is 0 Å². The molecule has 0 amide bonds. The van der Waals surface area contributed by atoms with Crippen LogP contribution in [0.15, 0.2) is 0 Å². The molecule has 0 unspecified atom stereocenters. The molecule has 0 saturated heterocycles. The van der Waals surface area contributed by atoms with Crippen LogP contribution in [-0.2, 0) is 24.3 Å². The number of hydrazine groups is 1. The molecular formula is H5MoN2O3. The van der Waals surface area contributed by atoms with Crippen LogP contribution in [0.3, 0.4) is 0 Å². The van der Waals surface area contributed by atoms with Gasteiger partial charge in [0.15, 0.2) is 0 Å². The Hall–Kier alpha value is 0.168. The molecule has 0 aliphatic heterocycles. The van der Waals surface area contributed by atoms with Crippen molar-refractivity contribution in [2.45, 2.75) is 0 Å². The predicted molar refractivity (Wildman–Crippen MR) is 12.3 cm³/mol. The third kappa shape index (κ3) is 8.90. The van der Waals surface area contributed by atoms with Gasteiger partial charge in [-0.25, -0.2) is 0 Å². The maximum absolute atomic E-state index is 9.27. The Bertz CT molecular complexity index is 66.9. The van der Waals surface area contributed by atoms with Gasteiger partial charge in [0.25, 0.3) is 0 Å². The minimum Gasteiger partial charge on any atom is -0.412 e. The smallest absolute Gasteiger partial charge is 0.412 e. The van der Waals surface area contributed by atoms with E-state index in [9.17, 15) is 6.80 Å². The predicted octanol–water partition coefficient (Wildman–Crippen LogP) is -2.15. The fraction of sp³-hybridized carbons (Fsp3) is 0. The van der Waals surface area contributed by atoms with Gasteiger partial charge >= 0.3 is 34.1 Å². The van der Waals surface area contributed by atoms with Crippen LogP contribution >= 0.6 is 0 Å². The zero-order valence-corrected chi connectivity index (χ0v) is 4.81. The van der Waals surface area contributed by atoms with Crippen molar-refractivity contribution < 1.29 is 29.8 Å². The van der Waals surface area contributed by atoms with Crippen molar-refractivity contribution in [2.24, 2.45) is 5.84 Å². The molecule has 0 rings (SSSR count). The van der Waals surface area contributed by atoms with Gasteiger partial charge in [0.05, 0.1) is 0 Å². The quantitative estimate of drug-likeness (QED) is 0.270. The standard InChI is InChI=1S/Mo.H3N2.H2O.2O/c;1-2;;;/h;1H,2H2;1H2;;/q+1;-1;;;. The zero-order chi connectivity index (χ0) is 4.28. The zero-order valence-electron chi connectivity index (χ0n) is 2.80. The van der Waals surface area contributed by atoms with Crippen LogP contribution < -0.4 is 9.83 Å². The van der Waals surface area contributed by atoms with Gasteiger partial charge in [-0.1, -0.05) is 0 Å². The summed E-state index contributed by atoms with van der Waals surface area (Å²) in [4.78, 5) is 0. The molecule has 0 saturated carbocycles. The van der Waals surface area contributed by atoms with E-state index in [1.54, 1.807) is 3.98 Å². The van der Waals surface area contributed by atoms with E-state index in [1.807, 2.05) is 0 Å². The monoisotopic (exact) mass is 179 g/mol. The van der Waals surface area contributed by atoms with Crippen LogP contribution in [0.5, 0.6) is 0 Å². The van der Waals surface area contributed by atoms with E-state index in [-0.39, 0.29) is 5.48 Å². The number of hydrogen-bond acceptors (Lipinski definition) is 3. The van der Waals surface area contributed by atoms with Gasteiger partial charge in [0, 0.05) is 0 Å². The summed E-state index contributed by atoms with van der Waals surface area (Å²) in [6, 6.07) is 0. The Kier molecular flexibility index (Phi) is 8.17. The molecule has 0 aliphatic rings. The van der Waals surface area contributed by atoms with Crippen LogP contribution in [-0.4, -0.2) is 5.48 Å². The maximum atomic E-state index is 9.27. The second-order valence-corrected chi connectivity index (χ2v) is 2.09. The molecule has 0 atom stereocenters. The molecule has 0 spiro atoms.